The second kappa shape index (κ2) is 13.4. The summed E-state index contributed by atoms with van der Waals surface area (Å²) in [6, 6.07) is 9.30. The number of Topliss-reactive ketones (excluding diaryl/α,β-unsaturated/α-hetero) is 1. The maximum atomic E-state index is 12.6. The summed E-state index contributed by atoms with van der Waals surface area (Å²) in [7, 11) is 0. The minimum absolute atomic E-state index is 0.0125. The number of anilines is 1. The number of hydrogen-bond acceptors (Lipinski definition) is 6. The van der Waals surface area contributed by atoms with Crippen LogP contribution in [-0.2, 0) is 14.2 Å². The molecule has 0 bridgehead atoms. The Morgan fingerprint density at radius 2 is 1.71 bits per heavy atom. The number of ether oxygens (including phenoxy) is 3. The van der Waals surface area contributed by atoms with E-state index >= 15 is 0 Å². The van der Waals surface area contributed by atoms with Gasteiger partial charge in [-0.05, 0) is 55.3 Å². The Morgan fingerprint density at radius 1 is 1.03 bits per heavy atom. The van der Waals surface area contributed by atoms with Gasteiger partial charge in [0.1, 0.15) is 5.00 Å². The minimum atomic E-state index is -0.376. The first-order valence-electron chi connectivity index (χ1n) is 10.8. The average molecular weight is 448 g/mol. The Morgan fingerprint density at radius 3 is 2.32 bits per heavy atom. The summed E-state index contributed by atoms with van der Waals surface area (Å²) in [6.45, 7) is 9.93. The number of benzene rings is 1. The van der Waals surface area contributed by atoms with Gasteiger partial charge in [0.25, 0.3) is 5.91 Å². The predicted molar refractivity (Wildman–Crippen MR) is 124 cm³/mol. The number of nitrogens with one attached hydrogen (secondary N) is 1. The van der Waals surface area contributed by atoms with E-state index in [2.05, 4.69) is 19.2 Å². The van der Waals surface area contributed by atoms with Gasteiger partial charge in [0, 0.05) is 31.8 Å². The van der Waals surface area contributed by atoms with Gasteiger partial charge in [-0.25, -0.2) is 0 Å². The average Bonchev–Trinajstić information content (AvgIpc) is 3.21. The van der Waals surface area contributed by atoms with Crippen molar-refractivity contribution in [2.45, 2.75) is 52.7 Å². The molecule has 0 atom stereocenters. The fraction of sp³-hybridized carbons (Fsp3) is 0.500. The van der Waals surface area contributed by atoms with Crippen LogP contribution >= 0.6 is 11.3 Å². The zero-order chi connectivity index (χ0) is 22.6. The van der Waals surface area contributed by atoms with E-state index in [1.165, 1.54) is 16.9 Å². The summed E-state index contributed by atoms with van der Waals surface area (Å²) in [5.41, 5.74) is 2.29. The van der Waals surface area contributed by atoms with Gasteiger partial charge in [-0.15, -0.1) is 11.3 Å². The molecule has 0 aliphatic carbocycles. The number of carbonyl (C=O) groups is 2. The van der Waals surface area contributed by atoms with Crippen LogP contribution in [0.5, 0.6) is 0 Å². The largest absolute Gasteiger partial charge is 0.376 e. The highest BCUT2D eigenvalue weighted by Crippen LogP contribution is 2.26. The predicted octanol–water partition coefficient (Wildman–Crippen LogP) is 5.50. The van der Waals surface area contributed by atoms with Gasteiger partial charge < -0.3 is 19.5 Å². The maximum Gasteiger partial charge on any atom is 0.256 e. The molecule has 0 saturated carbocycles. The van der Waals surface area contributed by atoms with Crippen molar-refractivity contribution in [1.29, 1.82) is 0 Å². The molecule has 1 aromatic carbocycles. The van der Waals surface area contributed by atoms with Crippen molar-refractivity contribution in [2.75, 3.05) is 31.7 Å². The lowest BCUT2D eigenvalue weighted by molar-refractivity contribution is -0.167. The topological polar surface area (TPSA) is 73.9 Å². The smallest absolute Gasteiger partial charge is 0.256 e. The maximum absolute atomic E-state index is 12.6. The Bertz CT molecular complexity index is 810. The van der Waals surface area contributed by atoms with Crippen LogP contribution in [0.25, 0.3) is 0 Å². The van der Waals surface area contributed by atoms with E-state index < -0.39 is 0 Å². The van der Waals surface area contributed by atoms with E-state index in [9.17, 15) is 9.59 Å². The van der Waals surface area contributed by atoms with E-state index in [0.717, 1.165) is 0 Å². The molecule has 31 heavy (non-hydrogen) atoms. The summed E-state index contributed by atoms with van der Waals surface area (Å²) in [5, 5.41) is 5.27. The Kier molecular flexibility index (Phi) is 10.9. The molecule has 0 spiro atoms. The third-order valence-corrected chi connectivity index (χ3v) is 5.51. The number of rotatable bonds is 14. The van der Waals surface area contributed by atoms with Crippen LogP contribution in [0.4, 0.5) is 5.00 Å². The highest BCUT2D eigenvalue weighted by molar-refractivity contribution is 7.14. The molecule has 6 nitrogen and oxygen atoms in total. The first-order valence-corrected chi connectivity index (χ1v) is 11.7. The second-order valence-corrected chi connectivity index (χ2v) is 8.25. The summed E-state index contributed by atoms with van der Waals surface area (Å²) >= 11 is 1.35. The Balaban J connectivity index is 1.82. The number of hydrogen-bond donors (Lipinski definition) is 1. The third-order valence-electron chi connectivity index (χ3n) is 4.68. The standard InChI is InChI=1S/C24H33NO5S/c1-5-29-22(30-6-2)16-28-14-7-8-21(26)20-13-15-31-24(20)25-23(27)19-11-9-18(10-12-19)17(3)4/h9-13,15,17,22H,5-8,14,16H2,1-4H3,(H,25,27). The Hall–Kier alpha value is -2.06. The van der Waals surface area contributed by atoms with Crippen LogP contribution in [0.2, 0.25) is 0 Å². The van der Waals surface area contributed by atoms with Crippen molar-refractivity contribution in [3.8, 4) is 0 Å². The molecular formula is C24H33NO5S. The van der Waals surface area contributed by atoms with Crippen molar-refractivity contribution in [3.05, 3.63) is 52.4 Å². The van der Waals surface area contributed by atoms with Crippen LogP contribution < -0.4 is 5.32 Å². The van der Waals surface area contributed by atoms with Crippen LogP contribution in [0, 0.1) is 0 Å². The molecule has 1 heterocycles. The number of thiophene rings is 1. The van der Waals surface area contributed by atoms with E-state index in [1.54, 1.807) is 6.07 Å². The van der Waals surface area contributed by atoms with Crippen LogP contribution in [0.3, 0.4) is 0 Å². The van der Waals surface area contributed by atoms with Gasteiger partial charge in [-0.1, -0.05) is 26.0 Å². The molecule has 170 valence electrons. The molecule has 0 radical (unpaired) electrons. The zero-order valence-corrected chi connectivity index (χ0v) is 19.6. The lowest BCUT2D eigenvalue weighted by Gasteiger charge is -2.16. The SMILES string of the molecule is CCOC(COCCCC(=O)c1ccsc1NC(=O)c1ccc(C(C)C)cc1)OCC. The van der Waals surface area contributed by atoms with E-state index in [0.29, 0.717) is 61.3 Å². The molecule has 2 aromatic rings. The lowest BCUT2D eigenvalue weighted by Crippen LogP contribution is -2.23. The minimum Gasteiger partial charge on any atom is -0.376 e. The van der Waals surface area contributed by atoms with Gasteiger partial charge >= 0.3 is 0 Å². The Labute approximate surface area is 188 Å². The van der Waals surface area contributed by atoms with Crippen molar-refractivity contribution in [3.63, 3.8) is 0 Å². The molecule has 0 unspecified atom stereocenters. The van der Waals surface area contributed by atoms with Gasteiger partial charge in [0.05, 0.1) is 12.2 Å². The first kappa shape index (κ1) is 25.2. The summed E-state index contributed by atoms with van der Waals surface area (Å²) in [6.07, 6.45) is 0.555. The molecule has 1 N–H and O–H groups in total. The summed E-state index contributed by atoms with van der Waals surface area (Å²) < 4.78 is 16.4. The van der Waals surface area contributed by atoms with Gasteiger partial charge in [-0.2, -0.15) is 0 Å². The van der Waals surface area contributed by atoms with Gasteiger partial charge in [0.15, 0.2) is 12.1 Å². The second-order valence-electron chi connectivity index (χ2n) is 7.34. The highest BCUT2D eigenvalue weighted by atomic mass is 32.1. The van der Waals surface area contributed by atoms with Crippen LogP contribution in [0.1, 0.15) is 72.7 Å². The molecule has 2 rings (SSSR count). The molecule has 0 saturated heterocycles. The van der Waals surface area contributed by atoms with Crippen LogP contribution in [-0.4, -0.2) is 44.4 Å². The highest BCUT2D eigenvalue weighted by Gasteiger charge is 2.16. The molecule has 1 aromatic heterocycles. The molecule has 0 aliphatic heterocycles. The molecule has 7 heteroatoms. The fourth-order valence-corrected chi connectivity index (χ4v) is 3.79. The summed E-state index contributed by atoms with van der Waals surface area (Å²) in [5.74, 6) is 0.182. The van der Waals surface area contributed by atoms with Crippen molar-refractivity contribution in [2.24, 2.45) is 0 Å². The van der Waals surface area contributed by atoms with Gasteiger partial charge in [0.2, 0.25) is 0 Å². The number of carbonyl (C=O) groups excluding carboxylic acids is 2. The quantitative estimate of drug-likeness (QED) is 0.235. The molecule has 0 aliphatic rings. The summed E-state index contributed by atoms with van der Waals surface area (Å²) in [4.78, 5) is 25.2. The fourth-order valence-electron chi connectivity index (χ4n) is 2.99. The number of ketones is 1. The van der Waals surface area contributed by atoms with Crippen LogP contribution in [0.15, 0.2) is 35.7 Å². The first-order chi connectivity index (χ1) is 15.0. The molecule has 1 amide bonds. The van der Waals surface area contributed by atoms with Gasteiger partial charge in [-0.3, -0.25) is 9.59 Å². The molecular weight excluding hydrogens is 414 g/mol. The van der Waals surface area contributed by atoms with E-state index in [4.69, 9.17) is 14.2 Å². The van der Waals surface area contributed by atoms with E-state index in [1.807, 2.05) is 43.5 Å². The monoisotopic (exact) mass is 447 g/mol. The zero-order valence-electron chi connectivity index (χ0n) is 18.8. The molecule has 0 fully saturated rings. The van der Waals surface area contributed by atoms with Crippen molar-refractivity contribution >= 4 is 28.0 Å². The normalized spacial score (nSPS) is 11.3. The number of amides is 1. The van der Waals surface area contributed by atoms with Crippen molar-refractivity contribution in [1.82, 2.24) is 0 Å². The van der Waals surface area contributed by atoms with Crippen molar-refractivity contribution < 1.29 is 23.8 Å². The van der Waals surface area contributed by atoms with E-state index in [-0.39, 0.29) is 18.0 Å². The third kappa shape index (κ3) is 8.18. The lowest BCUT2D eigenvalue weighted by atomic mass is 10.0.